The number of hydrogen-bond acceptors (Lipinski definition) is 4. The van der Waals surface area contributed by atoms with Gasteiger partial charge >= 0.3 is 0 Å². The number of halogens is 1. The van der Waals surface area contributed by atoms with E-state index in [1.54, 1.807) is 0 Å². The molecule has 0 amide bonds. The third-order valence-electron chi connectivity index (χ3n) is 2.98. The Hall–Kier alpha value is -2.21. The molecule has 20 heavy (non-hydrogen) atoms. The van der Waals surface area contributed by atoms with E-state index in [9.17, 15) is 14.3 Å². The number of nitrogens with one attached hydrogen (secondary N) is 1. The topological polar surface area (TPSA) is 92.0 Å². The summed E-state index contributed by atoms with van der Waals surface area (Å²) in [5.41, 5.74) is 5.53. The van der Waals surface area contributed by atoms with Crippen molar-refractivity contribution in [3.05, 3.63) is 46.3 Å². The predicted octanol–water partition coefficient (Wildman–Crippen LogP) is 2.08. The molecule has 0 aliphatic rings. The highest BCUT2D eigenvalue weighted by Crippen LogP contribution is 2.25. The van der Waals surface area contributed by atoms with Crippen LogP contribution in [0.15, 0.2) is 29.1 Å². The van der Waals surface area contributed by atoms with Crippen LogP contribution in [0.25, 0.3) is 11.1 Å². The summed E-state index contributed by atoms with van der Waals surface area (Å²) in [6.07, 6.45) is 1.47. The Bertz CT molecular complexity index is 670. The maximum absolute atomic E-state index is 13.2. The van der Waals surface area contributed by atoms with Gasteiger partial charge < -0.3 is 15.8 Å². The molecule has 2 aromatic rings. The highest BCUT2D eigenvalue weighted by molar-refractivity contribution is 5.67. The molecule has 0 saturated heterocycles. The van der Waals surface area contributed by atoms with E-state index in [2.05, 4.69) is 9.97 Å². The normalized spacial score (nSPS) is 12.3. The summed E-state index contributed by atoms with van der Waals surface area (Å²) in [6, 6.07) is 4.96. The van der Waals surface area contributed by atoms with Gasteiger partial charge in [0.15, 0.2) is 0 Å². The number of aromatic hydroxyl groups is 1. The lowest BCUT2D eigenvalue weighted by atomic mass is 10.1. The Balaban J connectivity index is 2.49. The van der Waals surface area contributed by atoms with E-state index in [-0.39, 0.29) is 17.0 Å². The van der Waals surface area contributed by atoms with Crippen molar-refractivity contribution in [1.82, 2.24) is 9.97 Å². The summed E-state index contributed by atoms with van der Waals surface area (Å²) < 4.78 is 13.2. The molecule has 1 heterocycles. The summed E-state index contributed by atoms with van der Waals surface area (Å²) >= 11 is 0. The van der Waals surface area contributed by atoms with Gasteiger partial charge in [-0.3, -0.25) is 4.79 Å². The summed E-state index contributed by atoms with van der Waals surface area (Å²) in [7, 11) is 0. The lowest BCUT2D eigenvalue weighted by Crippen LogP contribution is -2.20. The van der Waals surface area contributed by atoms with Gasteiger partial charge in [-0.1, -0.05) is 25.5 Å². The van der Waals surface area contributed by atoms with E-state index >= 15 is 0 Å². The van der Waals surface area contributed by atoms with Crippen molar-refractivity contribution in [2.45, 2.75) is 25.8 Å². The molecule has 0 radical (unpaired) electrons. The van der Waals surface area contributed by atoms with Crippen molar-refractivity contribution < 1.29 is 9.50 Å². The number of hydrogen-bond donors (Lipinski definition) is 3. The van der Waals surface area contributed by atoms with Crippen LogP contribution < -0.4 is 11.3 Å². The van der Waals surface area contributed by atoms with E-state index in [0.29, 0.717) is 6.42 Å². The molecule has 106 valence electrons. The molecule has 0 spiro atoms. The molecule has 1 unspecified atom stereocenters. The summed E-state index contributed by atoms with van der Waals surface area (Å²) in [5, 5.41) is 9.92. The van der Waals surface area contributed by atoms with Crippen LogP contribution in [0.2, 0.25) is 0 Å². The number of rotatable bonds is 4. The van der Waals surface area contributed by atoms with Crippen LogP contribution in [0, 0.1) is 5.82 Å². The van der Waals surface area contributed by atoms with Crippen LogP contribution in [0.4, 0.5) is 4.39 Å². The average molecular weight is 277 g/mol. The molecule has 0 aliphatic heterocycles. The number of H-pyrrole nitrogens is 1. The van der Waals surface area contributed by atoms with Gasteiger partial charge in [-0.2, -0.15) is 4.98 Å². The molecule has 1 aromatic heterocycles. The van der Waals surface area contributed by atoms with E-state index < -0.39 is 23.3 Å². The van der Waals surface area contributed by atoms with Crippen LogP contribution in [-0.4, -0.2) is 15.1 Å². The first kappa shape index (κ1) is 14.2. The Morgan fingerprint density at radius 3 is 2.85 bits per heavy atom. The summed E-state index contributed by atoms with van der Waals surface area (Å²) in [5.74, 6) is -0.705. The van der Waals surface area contributed by atoms with Crippen LogP contribution >= 0.6 is 0 Å². The Kier molecular flexibility index (Phi) is 4.14. The largest absolute Gasteiger partial charge is 0.493 e. The predicted molar refractivity (Wildman–Crippen MR) is 73.8 cm³/mol. The number of aromatic amines is 1. The van der Waals surface area contributed by atoms with Crippen LogP contribution in [0.3, 0.4) is 0 Å². The molecule has 0 bridgehead atoms. The maximum Gasteiger partial charge on any atom is 0.262 e. The molecule has 0 fully saturated rings. The van der Waals surface area contributed by atoms with Gasteiger partial charge in [-0.25, -0.2) is 4.39 Å². The quantitative estimate of drug-likeness (QED) is 0.797. The third kappa shape index (κ3) is 2.85. The fourth-order valence-corrected chi connectivity index (χ4v) is 2.01. The molecular weight excluding hydrogens is 261 g/mol. The second kappa shape index (κ2) is 5.83. The van der Waals surface area contributed by atoms with E-state index in [1.165, 1.54) is 18.2 Å². The third-order valence-corrected chi connectivity index (χ3v) is 2.98. The van der Waals surface area contributed by atoms with Crippen molar-refractivity contribution >= 4 is 0 Å². The maximum atomic E-state index is 13.2. The smallest absolute Gasteiger partial charge is 0.262 e. The lowest BCUT2D eigenvalue weighted by Gasteiger charge is -2.11. The van der Waals surface area contributed by atoms with Crippen LogP contribution in [0.5, 0.6) is 5.88 Å². The van der Waals surface area contributed by atoms with E-state index in [4.69, 9.17) is 5.73 Å². The minimum Gasteiger partial charge on any atom is -0.493 e. The van der Waals surface area contributed by atoms with Crippen molar-refractivity contribution in [3.63, 3.8) is 0 Å². The van der Waals surface area contributed by atoms with Gasteiger partial charge in [0.2, 0.25) is 5.88 Å². The molecule has 0 saturated carbocycles. The van der Waals surface area contributed by atoms with Crippen LogP contribution in [0.1, 0.15) is 31.6 Å². The van der Waals surface area contributed by atoms with Crippen molar-refractivity contribution in [3.8, 4) is 17.0 Å². The monoisotopic (exact) mass is 277 g/mol. The number of nitrogens with zero attached hydrogens (tertiary/aromatic N) is 1. The second-order valence-electron chi connectivity index (χ2n) is 4.56. The second-order valence-corrected chi connectivity index (χ2v) is 4.56. The van der Waals surface area contributed by atoms with E-state index in [0.717, 1.165) is 12.5 Å². The van der Waals surface area contributed by atoms with Gasteiger partial charge in [0.25, 0.3) is 5.56 Å². The fourth-order valence-electron chi connectivity index (χ4n) is 2.01. The average Bonchev–Trinajstić information content (AvgIpc) is 2.38. The number of benzene rings is 1. The van der Waals surface area contributed by atoms with Crippen LogP contribution in [-0.2, 0) is 0 Å². The van der Waals surface area contributed by atoms with Gasteiger partial charge in [0.1, 0.15) is 17.2 Å². The van der Waals surface area contributed by atoms with Gasteiger partial charge in [-0.15, -0.1) is 0 Å². The molecule has 4 N–H and O–H groups in total. The fraction of sp³-hybridized carbons (Fsp3) is 0.286. The van der Waals surface area contributed by atoms with Gasteiger partial charge in [0.05, 0.1) is 6.04 Å². The molecule has 6 heteroatoms. The Morgan fingerprint density at radius 1 is 1.50 bits per heavy atom. The lowest BCUT2D eigenvalue weighted by molar-refractivity contribution is 0.444. The molecule has 1 atom stereocenters. The first-order valence-electron chi connectivity index (χ1n) is 6.37. The van der Waals surface area contributed by atoms with Gasteiger partial charge in [-0.05, 0) is 24.1 Å². The molecule has 1 aromatic carbocycles. The first-order valence-corrected chi connectivity index (χ1v) is 6.37. The number of nitrogens with two attached hydrogens (primary N) is 1. The molecule has 5 nitrogen and oxygen atoms in total. The zero-order valence-electron chi connectivity index (χ0n) is 11.1. The first-order chi connectivity index (χ1) is 9.52. The molecular formula is C14H16FN3O2. The zero-order valence-corrected chi connectivity index (χ0v) is 11.1. The number of aromatic nitrogens is 2. The van der Waals surface area contributed by atoms with Crippen molar-refractivity contribution in [2.75, 3.05) is 0 Å². The minimum atomic E-state index is -0.537. The van der Waals surface area contributed by atoms with Gasteiger partial charge in [0, 0.05) is 0 Å². The standard InChI is InChI=1S/C14H16FN3O2/c1-2-4-10(16)12-17-13(19)11(14(20)18-12)8-5-3-6-9(15)7-8/h3,5-7,10H,2,4,16H2,1H3,(H2,17,18,19,20). The van der Waals surface area contributed by atoms with Crippen molar-refractivity contribution in [2.24, 2.45) is 5.73 Å². The van der Waals surface area contributed by atoms with Crippen molar-refractivity contribution in [1.29, 1.82) is 0 Å². The Morgan fingerprint density at radius 2 is 2.25 bits per heavy atom. The highest BCUT2D eigenvalue weighted by atomic mass is 19.1. The van der Waals surface area contributed by atoms with E-state index in [1.807, 2.05) is 6.92 Å². The minimum absolute atomic E-state index is 0.0584. The summed E-state index contributed by atoms with van der Waals surface area (Å²) in [4.78, 5) is 18.5. The molecule has 0 aliphatic carbocycles. The highest BCUT2D eigenvalue weighted by Gasteiger charge is 2.16. The summed E-state index contributed by atoms with van der Waals surface area (Å²) in [6.45, 7) is 1.96. The molecule has 2 rings (SSSR count). The Labute approximate surface area is 115 Å². The SMILES string of the molecule is CCCC(N)c1nc(O)c(-c2cccc(F)c2)c(=O)[nH]1. The zero-order chi connectivity index (χ0) is 14.7.